The summed E-state index contributed by atoms with van der Waals surface area (Å²) in [5.41, 5.74) is 14.2. The third-order valence-corrected chi connectivity index (χ3v) is 2.76. The second kappa shape index (κ2) is 7.31. The van der Waals surface area contributed by atoms with Crippen molar-refractivity contribution in [3.63, 3.8) is 0 Å². The molecule has 4 N–H and O–H groups in total. The minimum absolute atomic E-state index is 0. The fraction of sp³-hybridized carbons (Fsp3) is 0.0667. The van der Waals surface area contributed by atoms with Crippen molar-refractivity contribution in [2.75, 3.05) is 0 Å². The number of hydrogen-bond donors (Lipinski definition) is 2. The molecule has 0 amide bonds. The molecule has 2 rings (SSSR count). The Labute approximate surface area is 128 Å². The molecule has 102 valence electrons. The van der Waals surface area contributed by atoms with Gasteiger partial charge < -0.3 is 11.5 Å². The van der Waals surface area contributed by atoms with Gasteiger partial charge in [-0.1, -0.05) is 42.5 Å². The molecule has 2 aromatic rings. The number of aliphatic imine (C=N–C) groups is 1. The van der Waals surface area contributed by atoms with Crippen LogP contribution in [-0.2, 0) is 6.54 Å². The van der Waals surface area contributed by atoms with Gasteiger partial charge in [0.2, 0.25) is 0 Å². The first-order valence-corrected chi connectivity index (χ1v) is 5.84. The van der Waals surface area contributed by atoms with Crippen molar-refractivity contribution in [2.24, 2.45) is 16.5 Å². The number of guanidine groups is 1. The molecule has 0 unspecified atom stereocenters. The largest absolute Gasteiger partial charge is 0.370 e. The second-order valence-corrected chi connectivity index (χ2v) is 4.10. The van der Waals surface area contributed by atoms with Crippen LogP contribution in [0.5, 0.6) is 0 Å². The molecule has 0 saturated heterocycles. The van der Waals surface area contributed by atoms with Gasteiger partial charge in [-0.15, -0.1) is 17.0 Å². The van der Waals surface area contributed by atoms with Gasteiger partial charge in [-0.2, -0.15) is 5.26 Å². The van der Waals surface area contributed by atoms with Gasteiger partial charge in [0.15, 0.2) is 5.96 Å². The first kappa shape index (κ1) is 15.7. The first-order chi connectivity index (χ1) is 9.20. The van der Waals surface area contributed by atoms with Gasteiger partial charge in [0.05, 0.1) is 18.2 Å². The van der Waals surface area contributed by atoms with E-state index in [0.29, 0.717) is 12.1 Å². The van der Waals surface area contributed by atoms with E-state index in [2.05, 4.69) is 11.1 Å². The maximum atomic E-state index is 9.08. The van der Waals surface area contributed by atoms with E-state index < -0.39 is 0 Å². The molecule has 0 heterocycles. The van der Waals surface area contributed by atoms with Crippen LogP contribution in [0.2, 0.25) is 0 Å². The lowest BCUT2D eigenvalue weighted by molar-refractivity contribution is 1.05. The molecule has 0 atom stereocenters. The Morgan fingerprint density at radius 2 is 1.70 bits per heavy atom. The molecule has 0 saturated carbocycles. The van der Waals surface area contributed by atoms with Crippen molar-refractivity contribution in [3.05, 3.63) is 59.7 Å². The topological polar surface area (TPSA) is 88.2 Å². The molecule has 0 aliphatic heterocycles. The SMILES string of the molecule is Br.N#Cc1ccccc1-c1ccc(CN=C(N)N)cc1. The summed E-state index contributed by atoms with van der Waals surface area (Å²) in [4.78, 5) is 3.95. The number of nitrogens with zero attached hydrogens (tertiary/aromatic N) is 2. The molecular formula is C15H15BrN4. The first-order valence-electron chi connectivity index (χ1n) is 5.84. The van der Waals surface area contributed by atoms with Crippen molar-refractivity contribution in [1.82, 2.24) is 0 Å². The second-order valence-electron chi connectivity index (χ2n) is 4.10. The minimum atomic E-state index is 0. The van der Waals surface area contributed by atoms with Gasteiger partial charge in [-0.3, -0.25) is 0 Å². The molecule has 2 aromatic carbocycles. The van der Waals surface area contributed by atoms with Crippen LogP contribution in [0, 0.1) is 11.3 Å². The van der Waals surface area contributed by atoms with Gasteiger partial charge in [-0.05, 0) is 22.8 Å². The average Bonchev–Trinajstić information content (AvgIpc) is 2.45. The number of nitrogens with two attached hydrogens (primary N) is 2. The van der Waals surface area contributed by atoms with Gasteiger partial charge in [-0.25, -0.2) is 4.99 Å². The zero-order chi connectivity index (χ0) is 13.7. The number of hydrogen-bond acceptors (Lipinski definition) is 2. The maximum Gasteiger partial charge on any atom is 0.186 e. The van der Waals surface area contributed by atoms with Crippen molar-refractivity contribution in [3.8, 4) is 17.2 Å². The number of nitriles is 1. The smallest absolute Gasteiger partial charge is 0.186 e. The molecule has 0 radical (unpaired) electrons. The van der Waals surface area contributed by atoms with E-state index in [0.717, 1.165) is 16.7 Å². The predicted octanol–water partition coefficient (Wildman–Crippen LogP) is 2.58. The molecule has 0 aliphatic rings. The third kappa shape index (κ3) is 3.84. The fourth-order valence-corrected chi connectivity index (χ4v) is 1.80. The van der Waals surface area contributed by atoms with E-state index in [4.69, 9.17) is 16.7 Å². The fourth-order valence-electron chi connectivity index (χ4n) is 1.80. The van der Waals surface area contributed by atoms with Gasteiger partial charge in [0.1, 0.15) is 0 Å². The monoisotopic (exact) mass is 330 g/mol. The highest BCUT2D eigenvalue weighted by Crippen LogP contribution is 2.23. The lowest BCUT2D eigenvalue weighted by Crippen LogP contribution is -2.22. The zero-order valence-electron chi connectivity index (χ0n) is 10.8. The summed E-state index contributed by atoms with van der Waals surface area (Å²) in [6.07, 6.45) is 0. The summed E-state index contributed by atoms with van der Waals surface area (Å²) in [7, 11) is 0. The summed E-state index contributed by atoms with van der Waals surface area (Å²) in [6, 6.07) is 17.6. The van der Waals surface area contributed by atoms with Crippen LogP contribution in [0.3, 0.4) is 0 Å². The highest BCUT2D eigenvalue weighted by molar-refractivity contribution is 8.93. The number of rotatable bonds is 3. The van der Waals surface area contributed by atoms with Crippen molar-refractivity contribution in [2.45, 2.75) is 6.54 Å². The standard InChI is InChI=1S/C15H14N4.BrH/c16-9-13-3-1-2-4-14(13)12-7-5-11(6-8-12)10-19-15(17)18;/h1-8H,10H2,(H4,17,18,19);1H. The van der Waals surface area contributed by atoms with E-state index in [1.54, 1.807) is 0 Å². The Hall–Kier alpha value is -2.32. The van der Waals surface area contributed by atoms with Crippen LogP contribution < -0.4 is 11.5 Å². The molecule has 0 spiro atoms. The summed E-state index contributed by atoms with van der Waals surface area (Å²) in [5.74, 6) is 0.0823. The van der Waals surface area contributed by atoms with E-state index >= 15 is 0 Å². The Bertz CT molecular complexity index is 638. The number of halogens is 1. The Balaban J connectivity index is 0.00000200. The summed E-state index contributed by atoms with van der Waals surface area (Å²) < 4.78 is 0. The van der Waals surface area contributed by atoms with Crippen molar-refractivity contribution < 1.29 is 0 Å². The molecule has 0 bridgehead atoms. The van der Waals surface area contributed by atoms with Crippen LogP contribution in [0.4, 0.5) is 0 Å². The molecule has 20 heavy (non-hydrogen) atoms. The van der Waals surface area contributed by atoms with Crippen molar-refractivity contribution in [1.29, 1.82) is 5.26 Å². The Morgan fingerprint density at radius 3 is 2.30 bits per heavy atom. The summed E-state index contributed by atoms with van der Waals surface area (Å²) in [6.45, 7) is 0.461. The average molecular weight is 331 g/mol. The molecular weight excluding hydrogens is 316 g/mol. The van der Waals surface area contributed by atoms with Gasteiger partial charge in [0.25, 0.3) is 0 Å². The van der Waals surface area contributed by atoms with Crippen LogP contribution in [0.25, 0.3) is 11.1 Å². The zero-order valence-corrected chi connectivity index (χ0v) is 12.5. The Kier molecular flexibility index (Phi) is 5.75. The Morgan fingerprint density at radius 1 is 1.05 bits per heavy atom. The van der Waals surface area contributed by atoms with Crippen LogP contribution in [0.15, 0.2) is 53.5 Å². The van der Waals surface area contributed by atoms with Crippen molar-refractivity contribution >= 4 is 22.9 Å². The predicted molar refractivity (Wildman–Crippen MR) is 86.4 cm³/mol. The van der Waals surface area contributed by atoms with E-state index in [1.165, 1.54) is 0 Å². The molecule has 0 aliphatic carbocycles. The third-order valence-electron chi connectivity index (χ3n) is 2.76. The molecule has 0 fully saturated rings. The molecule has 5 heteroatoms. The summed E-state index contributed by atoms with van der Waals surface area (Å²) in [5, 5.41) is 9.08. The summed E-state index contributed by atoms with van der Waals surface area (Å²) >= 11 is 0. The van der Waals surface area contributed by atoms with E-state index in [1.807, 2.05) is 48.5 Å². The minimum Gasteiger partial charge on any atom is -0.370 e. The number of benzene rings is 2. The highest BCUT2D eigenvalue weighted by Gasteiger charge is 2.03. The van der Waals surface area contributed by atoms with Crippen LogP contribution in [-0.4, -0.2) is 5.96 Å². The maximum absolute atomic E-state index is 9.08. The van der Waals surface area contributed by atoms with E-state index in [-0.39, 0.29) is 22.9 Å². The molecule has 4 nitrogen and oxygen atoms in total. The highest BCUT2D eigenvalue weighted by atomic mass is 79.9. The lowest BCUT2D eigenvalue weighted by Gasteiger charge is -2.05. The molecule has 0 aromatic heterocycles. The van der Waals surface area contributed by atoms with Gasteiger partial charge >= 0.3 is 0 Å². The van der Waals surface area contributed by atoms with Crippen LogP contribution in [0.1, 0.15) is 11.1 Å². The van der Waals surface area contributed by atoms with Gasteiger partial charge in [0, 0.05) is 0 Å². The lowest BCUT2D eigenvalue weighted by atomic mass is 9.99. The normalized spacial score (nSPS) is 9.15. The van der Waals surface area contributed by atoms with E-state index in [9.17, 15) is 0 Å². The quantitative estimate of drug-likeness (QED) is 0.669. The van der Waals surface area contributed by atoms with Crippen LogP contribution >= 0.6 is 17.0 Å².